The Kier molecular flexibility index (Phi) is 10.00. The fraction of sp³-hybridized carbons (Fsp3) is 0.739. The highest BCUT2D eigenvalue weighted by Gasteiger charge is 2.37. The molecule has 1 aliphatic carbocycles. The third-order valence-corrected chi connectivity index (χ3v) is 5.74. The summed E-state index contributed by atoms with van der Waals surface area (Å²) in [6.45, 7) is 8.99. The normalized spacial score (nSPS) is 24.9. The third kappa shape index (κ3) is 8.42. The molecule has 4 atom stereocenters. The Balaban J connectivity index is 2.55. The van der Waals surface area contributed by atoms with Gasteiger partial charge in [0, 0.05) is 12.3 Å². The van der Waals surface area contributed by atoms with E-state index in [1.807, 2.05) is 12.2 Å². The Morgan fingerprint density at radius 3 is 2.63 bits per heavy atom. The van der Waals surface area contributed by atoms with Gasteiger partial charge in [-0.15, -0.1) is 0 Å². The van der Waals surface area contributed by atoms with Crippen molar-refractivity contribution < 1.29 is 19.8 Å². The maximum atomic E-state index is 12.4. The molecule has 0 aromatic carbocycles. The second-order valence-electron chi connectivity index (χ2n) is 8.87. The predicted octanol–water partition coefficient (Wildman–Crippen LogP) is 5.16. The number of hydrogen-bond acceptors (Lipinski definition) is 3. The van der Waals surface area contributed by atoms with E-state index in [4.69, 9.17) is 5.11 Å². The van der Waals surface area contributed by atoms with E-state index >= 15 is 0 Å². The van der Waals surface area contributed by atoms with E-state index in [2.05, 4.69) is 39.8 Å². The van der Waals surface area contributed by atoms with Crippen LogP contribution in [0.1, 0.15) is 79.1 Å². The van der Waals surface area contributed by atoms with Crippen molar-refractivity contribution in [2.75, 3.05) is 0 Å². The van der Waals surface area contributed by atoms with Crippen LogP contribution in [0.3, 0.4) is 0 Å². The van der Waals surface area contributed by atoms with Gasteiger partial charge in [-0.1, -0.05) is 64.8 Å². The number of Topliss-reactive ketones (excluding diaryl/α,β-unsaturated/α-hetero) is 1. The van der Waals surface area contributed by atoms with Crippen LogP contribution in [0.2, 0.25) is 0 Å². The summed E-state index contributed by atoms with van der Waals surface area (Å²) in [5.74, 6) is -0.169. The van der Waals surface area contributed by atoms with Crippen LogP contribution < -0.4 is 0 Å². The summed E-state index contributed by atoms with van der Waals surface area (Å²) in [4.78, 5) is 23.0. The molecule has 1 aliphatic rings. The van der Waals surface area contributed by atoms with Gasteiger partial charge in [-0.05, 0) is 49.4 Å². The van der Waals surface area contributed by atoms with Crippen LogP contribution >= 0.6 is 0 Å². The summed E-state index contributed by atoms with van der Waals surface area (Å²) < 4.78 is 0. The number of ketones is 1. The first-order chi connectivity index (χ1) is 12.7. The van der Waals surface area contributed by atoms with Crippen molar-refractivity contribution in [2.45, 2.75) is 85.2 Å². The number of carbonyl (C=O) groups is 2. The molecule has 1 fully saturated rings. The first-order valence-corrected chi connectivity index (χ1v) is 10.4. The fourth-order valence-corrected chi connectivity index (χ4v) is 3.87. The summed E-state index contributed by atoms with van der Waals surface area (Å²) in [5.41, 5.74) is 0.304. The molecule has 2 N–H and O–H groups in total. The molecule has 0 bridgehead atoms. The second-order valence-corrected chi connectivity index (χ2v) is 8.87. The zero-order chi connectivity index (χ0) is 20.4. The molecule has 4 nitrogen and oxygen atoms in total. The number of rotatable bonds is 12. The van der Waals surface area contributed by atoms with E-state index in [1.165, 1.54) is 19.3 Å². The van der Waals surface area contributed by atoms with Gasteiger partial charge < -0.3 is 10.2 Å². The minimum absolute atomic E-state index is 0.0238. The monoisotopic (exact) mass is 378 g/mol. The van der Waals surface area contributed by atoms with Crippen molar-refractivity contribution in [2.24, 2.45) is 23.2 Å². The molecule has 1 saturated carbocycles. The number of aliphatic carboxylic acids is 1. The number of hydrogen-bond donors (Lipinski definition) is 2. The van der Waals surface area contributed by atoms with Gasteiger partial charge in [-0.3, -0.25) is 4.79 Å². The number of carboxylic acids is 1. The Labute approximate surface area is 164 Å². The second kappa shape index (κ2) is 11.4. The zero-order valence-electron chi connectivity index (χ0n) is 17.5. The van der Waals surface area contributed by atoms with Gasteiger partial charge in [0.1, 0.15) is 5.78 Å². The van der Waals surface area contributed by atoms with Gasteiger partial charge in [0.25, 0.3) is 0 Å². The van der Waals surface area contributed by atoms with Gasteiger partial charge in [-0.25, -0.2) is 4.79 Å². The minimum Gasteiger partial charge on any atom is -0.479 e. The maximum Gasteiger partial charge on any atom is 0.332 e. The molecule has 0 heterocycles. The van der Waals surface area contributed by atoms with Crippen molar-refractivity contribution in [3.63, 3.8) is 0 Å². The van der Waals surface area contributed by atoms with Gasteiger partial charge in [-0.2, -0.15) is 0 Å². The summed E-state index contributed by atoms with van der Waals surface area (Å²) in [5, 5.41) is 17.9. The van der Waals surface area contributed by atoms with Crippen LogP contribution in [0.25, 0.3) is 0 Å². The van der Waals surface area contributed by atoms with E-state index in [9.17, 15) is 14.7 Å². The molecule has 0 aliphatic heterocycles. The topological polar surface area (TPSA) is 74.6 Å². The van der Waals surface area contributed by atoms with Crippen LogP contribution in [0.15, 0.2) is 24.3 Å². The standard InChI is InChI=1S/C23H38O4/c1-5-6-14-23(3,4)15-10-12-18-17(2)16-21(25)19(18)11-8-7-9-13-20(24)22(26)27/h7-8,10,12,17-20,24H,5-6,9,11,13-16H2,1-4H3,(H,26,27)/t17-,18+,19-,20-/m1/s1. The van der Waals surface area contributed by atoms with Gasteiger partial charge in [0.15, 0.2) is 6.10 Å². The van der Waals surface area contributed by atoms with Crippen molar-refractivity contribution in [3.8, 4) is 0 Å². The number of carboxylic acid groups (broad SMARTS) is 1. The highest BCUT2D eigenvalue weighted by molar-refractivity contribution is 5.84. The van der Waals surface area contributed by atoms with Crippen LogP contribution in [0.4, 0.5) is 0 Å². The SMILES string of the molecule is CCCCC(C)(C)CC=C[C@H]1[C@H](C)CC(=O)[C@@H]1CC=CCC[C@@H](O)C(=O)O. The lowest BCUT2D eigenvalue weighted by Crippen LogP contribution is -2.18. The van der Waals surface area contributed by atoms with Crippen LogP contribution in [-0.4, -0.2) is 28.1 Å². The third-order valence-electron chi connectivity index (χ3n) is 5.74. The van der Waals surface area contributed by atoms with E-state index in [0.29, 0.717) is 36.4 Å². The lowest BCUT2D eigenvalue weighted by molar-refractivity contribution is -0.146. The van der Waals surface area contributed by atoms with Gasteiger partial charge in [0.05, 0.1) is 0 Å². The fourth-order valence-electron chi connectivity index (χ4n) is 3.87. The smallest absolute Gasteiger partial charge is 0.332 e. The quantitative estimate of drug-likeness (QED) is 0.460. The molecule has 27 heavy (non-hydrogen) atoms. The van der Waals surface area contributed by atoms with Crippen LogP contribution in [0, 0.1) is 23.2 Å². The summed E-state index contributed by atoms with van der Waals surface area (Å²) >= 11 is 0. The average molecular weight is 379 g/mol. The first kappa shape index (κ1) is 23.6. The van der Waals surface area contributed by atoms with Gasteiger partial charge >= 0.3 is 5.97 Å². The largest absolute Gasteiger partial charge is 0.479 e. The molecule has 0 unspecified atom stereocenters. The molecular formula is C23H38O4. The Hall–Kier alpha value is -1.42. The maximum absolute atomic E-state index is 12.4. The molecular weight excluding hydrogens is 340 g/mol. The minimum atomic E-state index is -1.31. The van der Waals surface area contributed by atoms with Crippen molar-refractivity contribution in [1.82, 2.24) is 0 Å². The molecule has 0 spiro atoms. The summed E-state index contributed by atoms with van der Waals surface area (Å²) in [6.07, 6.45) is 13.9. The molecule has 0 saturated heterocycles. The molecule has 0 aromatic rings. The summed E-state index contributed by atoms with van der Waals surface area (Å²) in [7, 11) is 0. The Bertz CT molecular complexity index is 532. The number of aliphatic hydroxyl groups excluding tert-OH is 1. The number of carbonyl (C=O) groups excluding carboxylic acids is 1. The lowest BCUT2D eigenvalue weighted by Gasteiger charge is -2.23. The average Bonchev–Trinajstić information content (AvgIpc) is 2.86. The van der Waals surface area contributed by atoms with E-state index in [1.54, 1.807) is 0 Å². The van der Waals surface area contributed by atoms with E-state index in [-0.39, 0.29) is 18.3 Å². The summed E-state index contributed by atoms with van der Waals surface area (Å²) in [6, 6.07) is 0. The zero-order valence-corrected chi connectivity index (χ0v) is 17.5. The molecule has 1 rings (SSSR count). The number of unbranched alkanes of at least 4 members (excludes halogenated alkanes) is 1. The van der Waals surface area contributed by atoms with Crippen molar-refractivity contribution in [1.29, 1.82) is 0 Å². The Morgan fingerprint density at radius 1 is 1.30 bits per heavy atom. The van der Waals surface area contributed by atoms with E-state index < -0.39 is 12.1 Å². The Morgan fingerprint density at radius 2 is 2.00 bits per heavy atom. The molecule has 0 aromatic heterocycles. The van der Waals surface area contributed by atoms with E-state index in [0.717, 1.165) is 6.42 Å². The lowest BCUT2D eigenvalue weighted by atomic mass is 9.82. The molecule has 4 heteroatoms. The molecule has 0 radical (unpaired) electrons. The highest BCUT2D eigenvalue weighted by atomic mass is 16.4. The van der Waals surface area contributed by atoms with Crippen molar-refractivity contribution in [3.05, 3.63) is 24.3 Å². The number of allylic oxidation sites excluding steroid dienone is 4. The van der Waals surface area contributed by atoms with Crippen LogP contribution in [0.5, 0.6) is 0 Å². The van der Waals surface area contributed by atoms with Crippen molar-refractivity contribution >= 4 is 11.8 Å². The molecule has 154 valence electrons. The first-order valence-electron chi connectivity index (χ1n) is 10.4. The highest BCUT2D eigenvalue weighted by Crippen LogP contribution is 2.38. The van der Waals surface area contributed by atoms with Crippen LogP contribution in [-0.2, 0) is 9.59 Å². The predicted molar refractivity (Wildman–Crippen MR) is 109 cm³/mol. The molecule has 0 amide bonds. The van der Waals surface area contributed by atoms with Gasteiger partial charge in [0.2, 0.25) is 0 Å². The number of aliphatic hydroxyl groups is 1.